The monoisotopic (exact) mass is 106 g/mol. The first kappa shape index (κ1) is 5.44. The Labute approximate surface area is 50.6 Å². The highest BCUT2D eigenvalue weighted by Gasteiger charge is 1.94. The van der Waals surface area contributed by atoms with E-state index >= 15 is 0 Å². The van der Waals surface area contributed by atoms with Crippen LogP contribution in [-0.2, 0) is 0 Å². The van der Waals surface area contributed by atoms with E-state index in [1.54, 1.807) is 0 Å². The molecule has 1 rings (SSSR count). The third-order valence-corrected chi connectivity index (χ3v) is 1.35. The molecule has 0 aromatic carbocycles. The minimum absolute atomic E-state index is 1.09. The van der Waals surface area contributed by atoms with Gasteiger partial charge in [0.15, 0.2) is 0 Å². The molecule has 0 aromatic heterocycles. The van der Waals surface area contributed by atoms with E-state index in [4.69, 9.17) is 0 Å². The van der Waals surface area contributed by atoms with Crippen LogP contribution in [-0.4, -0.2) is 0 Å². The Morgan fingerprint density at radius 3 is 2.88 bits per heavy atom. The van der Waals surface area contributed by atoms with Gasteiger partial charge in [0.2, 0.25) is 0 Å². The summed E-state index contributed by atoms with van der Waals surface area (Å²) in [6, 6.07) is 0. The van der Waals surface area contributed by atoms with Crippen LogP contribution in [0.4, 0.5) is 0 Å². The van der Waals surface area contributed by atoms with E-state index in [1.807, 2.05) is 0 Å². The number of allylic oxidation sites excluding steroid dienone is 2. The van der Waals surface area contributed by atoms with Crippen molar-refractivity contribution < 1.29 is 0 Å². The summed E-state index contributed by atoms with van der Waals surface area (Å²) in [5.41, 5.74) is 1.32. The van der Waals surface area contributed by atoms with E-state index in [0.29, 0.717) is 0 Å². The van der Waals surface area contributed by atoms with Gasteiger partial charge in [0.05, 0.1) is 0 Å². The highest BCUT2D eigenvalue weighted by atomic mass is 14.0. The Bertz CT molecular complexity index is 153. The summed E-state index contributed by atoms with van der Waals surface area (Å²) in [4.78, 5) is 0. The zero-order valence-corrected chi connectivity index (χ0v) is 5.20. The lowest BCUT2D eigenvalue weighted by atomic mass is 10.1. The largest absolute Gasteiger partial charge is 0.0982 e. The van der Waals surface area contributed by atoms with Crippen molar-refractivity contribution in [1.29, 1.82) is 0 Å². The lowest BCUT2D eigenvalue weighted by molar-refractivity contribution is 0.849. The van der Waals surface area contributed by atoms with Crippen molar-refractivity contribution in [1.82, 2.24) is 0 Å². The SMILES string of the molecule is C/C=C1\C#CCCC1. The first-order valence-electron chi connectivity index (χ1n) is 3.07. The molecule has 0 atom stereocenters. The van der Waals surface area contributed by atoms with E-state index in [1.165, 1.54) is 18.4 Å². The Hall–Kier alpha value is -0.700. The fourth-order valence-corrected chi connectivity index (χ4v) is 0.822. The molecule has 0 saturated heterocycles. The van der Waals surface area contributed by atoms with Crippen LogP contribution in [0.1, 0.15) is 26.2 Å². The first-order valence-corrected chi connectivity index (χ1v) is 3.07. The maximum Gasteiger partial charge on any atom is 0.00957 e. The van der Waals surface area contributed by atoms with Crippen molar-refractivity contribution in [2.75, 3.05) is 0 Å². The zero-order chi connectivity index (χ0) is 5.82. The van der Waals surface area contributed by atoms with Crippen LogP contribution in [0, 0.1) is 11.8 Å². The number of hydrogen-bond donors (Lipinski definition) is 0. The molecule has 0 nitrogen and oxygen atoms in total. The standard InChI is InChI=1S/C8H10/c1-2-8-6-4-3-5-7-8/h2H,3-4,6H2,1H3/b8-2-. The van der Waals surface area contributed by atoms with Crippen LogP contribution in [0.15, 0.2) is 11.6 Å². The van der Waals surface area contributed by atoms with Gasteiger partial charge in [0.1, 0.15) is 0 Å². The van der Waals surface area contributed by atoms with Crippen LogP contribution in [0.2, 0.25) is 0 Å². The van der Waals surface area contributed by atoms with Crippen molar-refractivity contribution >= 4 is 0 Å². The molecule has 42 valence electrons. The Morgan fingerprint density at radius 1 is 1.62 bits per heavy atom. The molecule has 8 heavy (non-hydrogen) atoms. The predicted octanol–water partition coefficient (Wildman–Crippen LogP) is 2.12. The Balaban J connectivity index is 2.65. The van der Waals surface area contributed by atoms with Crippen molar-refractivity contribution in [3.05, 3.63) is 11.6 Å². The highest BCUT2D eigenvalue weighted by molar-refractivity contribution is 5.30. The van der Waals surface area contributed by atoms with Crippen LogP contribution >= 0.6 is 0 Å². The summed E-state index contributed by atoms with van der Waals surface area (Å²) < 4.78 is 0. The smallest absolute Gasteiger partial charge is 0.00957 e. The molecule has 0 saturated carbocycles. The molecule has 0 heterocycles. The normalized spacial score (nSPS) is 22.4. The third-order valence-electron chi connectivity index (χ3n) is 1.35. The molecule has 0 spiro atoms. The predicted molar refractivity (Wildman–Crippen MR) is 35.4 cm³/mol. The Morgan fingerprint density at radius 2 is 2.50 bits per heavy atom. The van der Waals surface area contributed by atoms with Crippen molar-refractivity contribution in [3.8, 4) is 11.8 Å². The third kappa shape index (κ3) is 1.13. The summed E-state index contributed by atoms with van der Waals surface area (Å²) in [7, 11) is 0. The second-order valence-corrected chi connectivity index (χ2v) is 1.97. The van der Waals surface area contributed by atoms with Gasteiger partial charge >= 0.3 is 0 Å². The summed E-state index contributed by atoms with van der Waals surface area (Å²) in [5, 5.41) is 0. The average molecular weight is 106 g/mol. The van der Waals surface area contributed by atoms with E-state index in [2.05, 4.69) is 24.8 Å². The summed E-state index contributed by atoms with van der Waals surface area (Å²) in [6.07, 6.45) is 5.65. The molecule has 0 bridgehead atoms. The summed E-state index contributed by atoms with van der Waals surface area (Å²) in [6.45, 7) is 2.05. The lowest BCUT2D eigenvalue weighted by Gasteiger charge is -1.99. The highest BCUT2D eigenvalue weighted by Crippen LogP contribution is 2.09. The fourth-order valence-electron chi connectivity index (χ4n) is 0.822. The topological polar surface area (TPSA) is 0 Å². The lowest BCUT2D eigenvalue weighted by Crippen LogP contribution is -1.84. The van der Waals surface area contributed by atoms with E-state index < -0.39 is 0 Å². The minimum atomic E-state index is 1.09. The maximum absolute atomic E-state index is 3.08. The van der Waals surface area contributed by atoms with Gasteiger partial charge < -0.3 is 0 Å². The van der Waals surface area contributed by atoms with Gasteiger partial charge in [0.25, 0.3) is 0 Å². The second kappa shape index (κ2) is 2.57. The van der Waals surface area contributed by atoms with Gasteiger partial charge in [-0.3, -0.25) is 0 Å². The van der Waals surface area contributed by atoms with Crippen LogP contribution in [0.3, 0.4) is 0 Å². The van der Waals surface area contributed by atoms with Gasteiger partial charge in [-0.25, -0.2) is 0 Å². The molecule has 1 aliphatic rings. The quantitative estimate of drug-likeness (QED) is 0.415. The van der Waals surface area contributed by atoms with Crippen molar-refractivity contribution in [2.45, 2.75) is 26.2 Å². The second-order valence-electron chi connectivity index (χ2n) is 1.97. The van der Waals surface area contributed by atoms with Crippen molar-refractivity contribution in [3.63, 3.8) is 0 Å². The molecule has 0 heteroatoms. The van der Waals surface area contributed by atoms with E-state index in [-0.39, 0.29) is 0 Å². The van der Waals surface area contributed by atoms with Gasteiger partial charge in [-0.05, 0) is 25.3 Å². The van der Waals surface area contributed by atoms with Gasteiger partial charge in [-0.1, -0.05) is 17.9 Å². The molecule has 0 aliphatic heterocycles. The Kier molecular flexibility index (Phi) is 1.75. The van der Waals surface area contributed by atoms with E-state index in [9.17, 15) is 0 Å². The van der Waals surface area contributed by atoms with Gasteiger partial charge in [-0.15, -0.1) is 0 Å². The first-order chi connectivity index (χ1) is 3.93. The molecule has 1 aliphatic carbocycles. The zero-order valence-electron chi connectivity index (χ0n) is 5.20. The molecular formula is C8H10. The molecule has 0 radical (unpaired) electrons. The molecular weight excluding hydrogens is 96.1 g/mol. The van der Waals surface area contributed by atoms with Crippen LogP contribution < -0.4 is 0 Å². The fraction of sp³-hybridized carbons (Fsp3) is 0.500. The van der Waals surface area contributed by atoms with Crippen LogP contribution in [0.25, 0.3) is 0 Å². The molecule has 0 amide bonds. The molecule has 0 fully saturated rings. The summed E-state index contributed by atoms with van der Waals surface area (Å²) in [5.74, 6) is 6.15. The van der Waals surface area contributed by atoms with Gasteiger partial charge in [-0.2, -0.15) is 0 Å². The molecule has 0 aromatic rings. The average Bonchev–Trinajstić information content (AvgIpc) is 1.90. The minimum Gasteiger partial charge on any atom is -0.0982 e. The maximum atomic E-state index is 3.08. The van der Waals surface area contributed by atoms with Crippen molar-refractivity contribution in [2.24, 2.45) is 0 Å². The molecule has 0 N–H and O–H groups in total. The molecule has 0 unspecified atom stereocenters. The van der Waals surface area contributed by atoms with E-state index in [0.717, 1.165) is 6.42 Å². The number of hydrogen-bond acceptors (Lipinski definition) is 0. The summed E-state index contributed by atoms with van der Waals surface area (Å²) >= 11 is 0. The number of rotatable bonds is 0. The van der Waals surface area contributed by atoms with Gasteiger partial charge in [0, 0.05) is 6.42 Å². The van der Waals surface area contributed by atoms with Crippen LogP contribution in [0.5, 0.6) is 0 Å².